The van der Waals surface area contributed by atoms with Gasteiger partial charge in [0.15, 0.2) is 0 Å². The molecule has 3 rings (SSSR count). The van der Waals surface area contributed by atoms with Gasteiger partial charge in [0.25, 0.3) is 0 Å². The number of hydrogen-bond donors (Lipinski definition) is 3. The predicted octanol–water partition coefficient (Wildman–Crippen LogP) is 4.15. The second kappa shape index (κ2) is 13.7. The first-order valence-electron chi connectivity index (χ1n) is 7.77. The van der Waals surface area contributed by atoms with Crippen LogP contribution in [0.1, 0.15) is 31.1 Å². The van der Waals surface area contributed by atoms with Gasteiger partial charge in [-0.05, 0) is 36.4 Å². The van der Waals surface area contributed by atoms with Crippen LogP contribution in [0.4, 0.5) is 0 Å². The maximum atomic E-state index is 10.2. The van der Waals surface area contributed by atoms with E-state index in [9.17, 15) is 14.4 Å². The number of carboxylic acids is 3. The van der Waals surface area contributed by atoms with Gasteiger partial charge >= 0.3 is 17.9 Å². The van der Waals surface area contributed by atoms with Crippen LogP contribution in [0, 0.1) is 0 Å². The largest absolute Gasteiger partial charge is 0.478 e. The number of benzene rings is 3. The smallest absolute Gasteiger partial charge is 0.335 e. The van der Waals surface area contributed by atoms with Crippen LogP contribution in [0.2, 0.25) is 0 Å². The third-order valence-corrected chi connectivity index (χ3v) is 3.06. The van der Waals surface area contributed by atoms with Crippen molar-refractivity contribution in [2.24, 2.45) is 0 Å². The van der Waals surface area contributed by atoms with Crippen molar-refractivity contribution in [1.82, 2.24) is 0 Å². The monoisotopic (exact) mass is 422 g/mol. The van der Waals surface area contributed by atoms with Crippen LogP contribution in [0.3, 0.4) is 0 Å². The summed E-state index contributed by atoms with van der Waals surface area (Å²) < 4.78 is 0. The SMILES string of the molecule is O=C(O)c1ccccc1.O=C(O)c1ccccc1.O=C(O)c1ccccc1.[Fe]. The summed E-state index contributed by atoms with van der Waals surface area (Å²) in [7, 11) is 0. The van der Waals surface area contributed by atoms with Crippen molar-refractivity contribution in [3.05, 3.63) is 108 Å². The molecule has 0 aliphatic heterocycles. The maximum absolute atomic E-state index is 10.2. The molecule has 28 heavy (non-hydrogen) atoms. The molecule has 0 heterocycles. The van der Waals surface area contributed by atoms with E-state index in [4.69, 9.17) is 15.3 Å². The minimum absolute atomic E-state index is 0. The van der Waals surface area contributed by atoms with Crippen LogP contribution in [0.25, 0.3) is 0 Å². The number of carboxylic acid groups (broad SMARTS) is 3. The summed E-state index contributed by atoms with van der Waals surface area (Å²) in [6, 6.07) is 24.9. The average molecular weight is 422 g/mol. The molecule has 0 unspecified atom stereocenters. The molecule has 0 spiro atoms. The molecular formula is C21H18FeO6. The Labute approximate surface area is 172 Å². The van der Waals surface area contributed by atoms with E-state index >= 15 is 0 Å². The third-order valence-electron chi connectivity index (χ3n) is 3.06. The Bertz CT molecular complexity index is 734. The van der Waals surface area contributed by atoms with Crippen molar-refractivity contribution < 1.29 is 46.8 Å². The molecule has 3 N–H and O–H groups in total. The molecule has 0 amide bonds. The molecule has 0 aliphatic carbocycles. The van der Waals surface area contributed by atoms with Gasteiger partial charge in [-0.25, -0.2) is 14.4 Å². The fourth-order valence-electron chi connectivity index (χ4n) is 1.74. The predicted molar refractivity (Wildman–Crippen MR) is 100 cm³/mol. The van der Waals surface area contributed by atoms with E-state index in [-0.39, 0.29) is 17.1 Å². The van der Waals surface area contributed by atoms with Gasteiger partial charge in [0.05, 0.1) is 16.7 Å². The van der Waals surface area contributed by atoms with E-state index in [1.165, 1.54) is 0 Å². The molecule has 0 saturated carbocycles. The zero-order valence-corrected chi connectivity index (χ0v) is 15.7. The Kier molecular flexibility index (Phi) is 12.1. The summed E-state index contributed by atoms with van der Waals surface area (Å²) in [4.78, 5) is 30.6. The third kappa shape index (κ3) is 9.91. The van der Waals surface area contributed by atoms with E-state index < -0.39 is 17.9 Å². The van der Waals surface area contributed by atoms with Gasteiger partial charge in [-0.1, -0.05) is 54.6 Å². The van der Waals surface area contributed by atoms with Crippen molar-refractivity contribution in [2.75, 3.05) is 0 Å². The minimum atomic E-state index is -0.879. The Morgan fingerprint density at radius 2 is 0.607 bits per heavy atom. The van der Waals surface area contributed by atoms with Crippen molar-refractivity contribution >= 4 is 17.9 Å². The Balaban J connectivity index is 0.000000384. The van der Waals surface area contributed by atoms with E-state index in [2.05, 4.69) is 0 Å². The second-order valence-corrected chi connectivity index (χ2v) is 5.01. The Hall–Kier alpha value is -3.41. The summed E-state index contributed by atoms with van der Waals surface area (Å²) in [5.74, 6) is -2.64. The normalized spacial score (nSPS) is 8.57. The standard InChI is InChI=1S/3C7H6O2.Fe/c3*8-7(9)6-4-2-1-3-5-6;/h3*1-5H,(H,8,9);. The van der Waals surface area contributed by atoms with E-state index in [1.54, 1.807) is 91.0 Å². The molecule has 7 heteroatoms. The minimum Gasteiger partial charge on any atom is -0.478 e. The molecule has 3 aromatic rings. The molecule has 0 fully saturated rings. The summed E-state index contributed by atoms with van der Waals surface area (Å²) in [6.45, 7) is 0. The van der Waals surface area contributed by atoms with Gasteiger partial charge in [-0.15, -0.1) is 0 Å². The molecule has 146 valence electrons. The van der Waals surface area contributed by atoms with Gasteiger partial charge < -0.3 is 15.3 Å². The topological polar surface area (TPSA) is 112 Å². The Morgan fingerprint density at radius 1 is 0.429 bits per heavy atom. The molecule has 0 aliphatic rings. The zero-order valence-electron chi connectivity index (χ0n) is 14.6. The number of aromatic carboxylic acids is 3. The van der Waals surface area contributed by atoms with Crippen LogP contribution in [-0.4, -0.2) is 33.2 Å². The first-order valence-corrected chi connectivity index (χ1v) is 7.77. The molecule has 6 nitrogen and oxygen atoms in total. The quantitative estimate of drug-likeness (QED) is 0.547. The molecule has 0 radical (unpaired) electrons. The van der Waals surface area contributed by atoms with Crippen LogP contribution in [-0.2, 0) is 17.1 Å². The molecule has 0 bridgehead atoms. The summed E-state index contributed by atoms with van der Waals surface area (Å²) >= 11 is 0. The van der Waals surface area contributed by atoms with Gasteiger partial charge in [-0.2, -0.15) is 0 Å². The summed E-state index contributed by atoms with van der Waals surface area (Å²) in [6.07, 6.45) is 0. The van der Waals surface area contributed by atoms with Gasteiger partial charge in [0, 0.05) is 17.1 Å². The van der Waals surface area contributed by atoms with Gasteiger partial charge in [-0.3, -0.25) is 0 Å². The molecule has 0 aromatic heterocycles. The Morgan fingerprint density at radius 3 is 0.714 bits per heavy atom. The molecule has 0 saturated heterocycles. The number of carbonyl (C=O) groups is 3. The fraction of sp³-hybridized carbons (Fsp3) is 0. The van der Waals surface area contributed by atoms with Crippen LogP contribution in [0.15, 0.2) is 91.0 Å². The van der Waals surface area contributed by atoms with Crippen LogP contribution in [0.5, 0.6) is 0 Å². The first-order chi connectivity index (χ1) is 12.9. The van der Waals surface area contributed by atoms with E-state index in [1.807, 2.05) is 0 Å². The van der Waals surface area contributed by atoms with Crippen molar-refractivity contribution in [3.8, 4) is 0 Å². The van der Waals surface area contributed by atoms with E-state index in [0.29, 0.717) is 16.7 Å². The number of hydrogen-bond acceptors (Lipinski definition) is 3. The first kappa shape index (κ1) is 24.6. The fourth-order valence-corrected chi connectivity index (χ4v) is 1.74. The van der Waals surface area contributed by atoms with Crippen LogP contribution >= 0.6 is 0 Å². The van der Waals surface area contributed by atoms with Crippen LogP contribution < -0.4 is 0 Å². The van der Waals surface area contributed by atoms with Crippen molar-refractivity contribution in [2.45, 2.75) is 0 Å². The van der Waals surface area contributed by atoms with Gasteiger partial charge in [0.1, 0.15) is 0 Å². The van der Waals surface area contributed by atoms with Crippen molar-refractivity contribution in [1.29, 1.82) is 0 Å². The molecule has 0 atom stereocenters. The van der Waals surface area contributed by atoms with Crippen molar-refractivity contribution in [3.63, 3.8) is 0 Å². The summed E-state index contributed by atoms with van der Waals surface area (Å²) in [5.41, 5.74) is 0.993. The van der Waals surface area contributed by atoms with Gasteiger partial charge in [0.2, 0.25) is 0 Å². The zero-order chi connectivity index (χ0) is 20.1. The summed E-state index contributed by atoms with van der Waals surface area (Å²) in [5, 5.41) is 25.2. The molecule has 3 aromatic carbocycles. The van der Waals surface area contributed by atoms with E-state index in [0.717, 1.165) is 0 Å². The second-order valence-electron chi connectivity index (χ2n) is 5.01. The molecular weight excluding hydrogens is 404 g/mol. The average Bonchev–Trinajstić information content (AvgIpc) is 2.71. The maximum Gasteiger partial charge on any atom is 0.335 e. The number of rotatable bonds is 3.